The zero-order valence-corrected chi connectivity index (χ0v) is 22.6. The third-order valence-electron chi connectivity index (χ3n) is 8.01. The largest absolute Gasteiger partial charge is 0.493 e. The Morgan fingerprint density at radius 1 is 1.10 bits per heavy atom. The number of anilines is 1. The van der Waals surface area contributed by atoms with Gasteiger partial charge >= 0.3 is 18.2 Å². The first-order chi connectivity index (χ1) is 19.0. The molecule has 0 aromatic heterocycles. The Bertz CT molecular complexity index is 1240. The zero-order chi connectivity index (χ0) is 29.1. The Labute approximate surface area is 230 Å². The normalized spacial score (nSPS) is 23.6. The summed E-state index contributed by atoms with van der Waals surface area (Å²) in [6, 6.07) is 12.6. The molecule has 0 radical (unpaired) electrons. The second-order valence-electron chi connectivity index (χ2n) is 10.3. The fourth-order valence-corrected chi connectivity index (χ4v) is 6.01. The first kappa shape index (κ1) is 29.3. The van der Waals surface area contributed by atoms with Gasteiger partial charge in [-0.05, 0) is 80.7 Å². The number of carboxylic acid groups (broad SMARTS) is 1. The predicted octanol–water partition coefficient (Wildman–Crippen LogP) is 4.59. The molecular weight excluding hydrogens is 531 g/mol. The molecule has 3 atom stereocenters. The summed E-state index contributed by atoms with van der Waals surface area (Å²) in [4.78, 5) is 24.1. The molecule has 2 aliphatic heterocycles. The second kappa shape index (κ2) is 11.8. The molecule has 2 amide bonds. The molecule has 218 valence electrons. The summed E-state index contributed by atoms with van der Waals surface area (Å²) in [6.45, 7) is 1.76. The van der Waals surface area contributed by atoms with Crippen molar-refractivity contribution >= 4 is 17.7 Å². The van der Waals surface area contributed by atoms with Gasteiger partial charge in [0.1, 0.15) is 5.75 Å². The molecule has 1 saturated carbocycles. The fourth-order valence-electron chi connectivity index (χ4n) is 6.01. The third-order valence-corrected chi connectivity index (χ3v) is 8.01. The lowest BCUT2D eigenvalue weighted by atomic mass is 9.65. The summed E-state index contributed by atoms with van der Waals surface area (Å²) in [5.41, 5.74) is 3.34. The average Bonchev–Trinajstić information content (AvgIpc) is 3.52. The van der Waals surface area contributed by atoms with Gasteiger partial charge in [0, 0.05) is 29.6 Å². The van der Waals surface area contributed by atoms with Crippen molar-refractivity contribution in [2.45, 2.75) is 55.8 Å². The van der Waals surface area contributed by atoms with Crippen molar-refractivity contribution in [2.24, 2.45) is 0 Å². The molecule has 1 saturated heterocycles. The van der Waals surface area contributed by atoms with Crippen LogP contribution in [-0.2, 0) is 16.6 Å². The lowest BCUT2D eigenvalue weighted by Gasteiger charge is -2.45. The number of nitrogens with one attached hydrogen (secondary N) is 2. The molecule has 0 unspecified atom stereocenters. The van der Waals surface area contributed by atoms with Crippen LogP contribution in [0.5, 0.6) is 17.2 Å². The van der Waals surface area contributed by atoms with E-state index in [1.54, 1.807) is 14.2 Å². The Kier molecular flexibility index (Phi) is 8.67. The highest BCUT2D eigenvalue weighted by Gasteiger charge is 2.50. The van der Waals surface area contributed by atoms with Gasteiger partial charge in [-0.1, -0.05) is 6.07 Å². The summed E-state index contributed by atoms with van der Waals surface area (Å²) in [7, 11) is 5.55. The highest BCUT2D eigenvalue weighted by Crippen LogP contribution is 2.49. The van der Waals surface area contributed by atoms with E-state index in [0.717, 1.165) is 67.1 Å². The highest BCUT2D eigenvalue weighted by molar-refractivity contribution is 5.89. The molecule has 2 aromatic carbocycles. The lowest BCUT2D eigenvalue weighted by molar-refractivity contribution is -0.192. The maximum absolute atomic E-state index is 12.8. The van der Waals surface area contributed by atoms with Crippen molar-refractivity contribution in [1.82, 2.24) is 10.2 Å². The second-order valence-corrected chi connectivity index (χ2v) is 10.3. The molecule has 2 aromatic rings. The van der Waals surface area contributed by atoms with Crippen LogP contribution in [0, 0.1) is 0 Å². The number of carbonyl (C=O) groups is 2. The van der Waals surface area contributed by atoms with Gasteiger partial charge in [-0.2, -0.15) is 13.2 Å². The van der Waals surface area contributed by atoms with Crippen LogP contribution in [0.3, 0.4) is 0 Å². The number of urea groups is 1. The monoisotopic (exact) mass is 565 g/mol. The minimum Gasteiger partial charge on any atom is -0.493 e. The maximum atomic E-state index is 12.8. The van der Waals surface area contributed by atoms with Gasteiger partial charge in [0.25, 0.3) is 0 Å². The van der Waals surface area contributed by atoms with Crippen LogP contribution >= 0.6 is 0 Å². The van der Waals surface area contributed by atoms with Crippen LogP contribution in [-0.4, -0.2) is 74.7 Å². The number of aliphatic carboxylic acids is 1. The SMILES string of the molecule is COc1ccc([C@@]23CC[C@@H](NC(=O)Nc4ccc5c(c4)CCO5)C[C@@H]2N(C)CC3)cc1OC.O=C(O)C(F)(F)F. The molecule has 2 heterocycles. The molecule has 40 heavy (non-hydrogen) atoms. The van der Waals surface area contributed by atoms with Crippen molar-refractivity contribution in [2.75, 3.05) is 39.7 Å². The Hall–Kier alpha value is -3.67. The van der Waals surface area contributed by atoms with E-state index >= 15 is 0 Å². The number of hydrogen-bond acceptors (Lipinski definition) is 6. The third kappa shape index (κ3) is 6.22. The number of rotatable bonds is 5. The first-order valence-electron chi connectivity index (χ1n) is 13.0. The number of likely N-dealkylation sites (N-methyl/N-ethyl adjacent to an activating group) is 1. The molecule has 0 bridgehead atoms. The number of ether oxygens (including phenoxy) is 3. The number of methoxy groups -OCH3 is 2. The molecule has 5 rings (SSSR count). The number of amides is 2. The molecule has 3 N–H and O–H groups in total. The van der Waals surface area contributed by atoms with Gasteiger partial charge in [0.15, 0.2) is 11.5 Å². The van der Waals surface area contributed by atoms with Crippen molar-refractivity contribution in [3.63, 3.8) is 0 Å². The van der Waals surface area contributed by atoms with E-state index in [9.17, 15) is 18.0 Å². The van der Waals surface area contributed by atoms with Crippen LogP contribution in [0.25, 0.3) is 0 Å². The summed E-state index contributed by atoms with van der Waals surface area (Å²) >= 11 is 0. The fraction of sp³-hybridized carbons (Fsp3) is 0.500. The molecule has 0 spiro atoms. The van der Waals surface area contributed by atoms with Crippen molar-refractivity contribution < 1.29 is 42.1 Å². The number of carbonyl (C=O) groups excluding carboxylic acids is 1. The number of likely N-dealkylation sites (tertiary alicyclic amines) is 1. The summed E-state index contributed by atoms with van der Waals surface area (Å²) in [5.74, 6) is -0.306. The summed E-state index contributed by atoms with van der Waals surface area (Å²) in [6.07, 6.45) is -0.180. The van der Waals surface area contributed by atoms with E-state index in [1.807, 2.05) is 24.3 Å². The molecule has 9 nitrogen and oxygen atoms in total. The highest BCUT2D eigenvalue weighted by atomic mass is 19.4. The number of hydrogen-bond donors (Lipinski definition) is 3. The van der Waals surface area contributed by atoms with Gasteiger partial charge in [0.05, 0.1) is 20.8 Å². The minimum absolute atomic E-state index is 0.0724. The van der Waals surface area contributed by atoms with Crippen LogP contribution < -0.4 is 24.8 Å². The maximum Gasteiger partial charge on any atom is 0.490 e. The van der Waals surface area contributed by atoms with E-state index < -0.39 is 12.1 Å². The van der Waals surface area contributed by atoms with E-state index in [1.165, 1.54) is 5.56 Å². The van der Waals surface area contributed by atoms with Crippen LogP contribution in [0.15, 0.2) is 36.4 Å². The Balaban J connectivity index is 0.000000470. The standard InChI is InChI=1S/C26H33N3O4.C2HF3O2/c1-29-12-11-26(18-4-6-22(31-2)23(15-18)32-3)10-8-20(16-24(26)29)28-25(30)27-19-5-7-21-17(14-19)9-13-33-21;3-2(4,5)1(6)7/h4-7,14-15,20,24H,8-13,16H2,1-3H3,(H2,27,28,30);(H,6,7)/t20-,24+,26+;/m1./s1. The smallest absolute Gasteiger partial charge is 0.490 e. The minimum atomic E-state index is -5.08. The Morgan fingerprint density at radius 2 is 1.82 bits per heavy atom. The predicted molar refractivity (Wildman–Crippen MR) is 141 cm³/mol. The quantitative estimate of drug-likeness (QED) is 0.487. The number of halogens is 3. The molecular formula is C28H34F3N3O6. The number of carboxylic acids is 1. The van der Waals surface area contributed by atoms with E-state index in [0.29, 0.717) is 12.6 Å². The van der Waals surface area contributed by atoms with E-state index in [2.05, 4.69) is 34.7 Å². The zero-order valence-electron chi connectivity index (χ0n) is 22.6. The number of nitrogens with zero attached hydrogens (tertiary/aromatic N) is 1. The van der Waals surface area contributed by atoms with Gasteiger partial charge in [-0.15, -0.1) is 0 Å². The van der Waals surface area contributed by atoms with E-state index in [-0.39, 0.29) is 17.5 Å². The Morgan fingerprint density at radius 3 is 2.50 bits per heavy atom. The van der Waals surface area contributed by atoms with Crippen molar-refractivity contribution in [3.8, 4) is 17.2 Å². The molecule has 12 heteroatoms. The van der Waals surface area contributed by atoms with Gasteiger partial charge in [-0.3, -0.25) is 0 Å². The average molecular weight is 566 g/mol. The first-order valence-corrected chi connectivity index (χ1v) is 13.0. The van der Waals surface area contributed by atoms with Gasteiger partial charge in [-0.25, -0.2) is 9.59 Å². The van der Waals surface area contributed by atoms with E-state index in [4.69, 9.17) is 24.1 Å². The topological polar surface area (TPSA) is 109 Å². The van der Waals surface area contributed by atoms with Crippen LogP contribution in [0.4, 0.5) is 23.7 Å². The van der Waals surface area contributed by atoms with Crippen LogP contribution in [0.2, 0.25) is 0 Å². The summed E-state index contributed by atoms with van der Waals surface area (Å²) < 4.78 is 48.3. The molecule has 2 fully saturated rings. The molecule has 3 aliphatic rings. The summed E-state index contributed by atoms with van der Waals surface area (Å²) in [5, 5.41) is 13.4. The van der Waals surface area contributed by atoms with Gasteiger partial charge < -0.3 is 34.9 Å². The number of alkyl halides is 3. The van der Waals surface area contributed by atoms with Crippen molar-refractivity contribution in [3.05, 3.63) is 47.5 Å². The van der Waals surface area contributed by atoms with Crippen LogP contribution in [0.1, 0.15) is 36.8 Å². The molecule has 1 aliphatic carbocycles. The van der Waals surface area contributed by atoms with Gasteiger partial charge in [0.2, 0.25) is 0 Å². The lowest BCUT2D eigenvalue weighted by Crippen LogP contribution is -2.52. The van der Waals surface area contributed by atoms with Crippen molar-refractivity contribution in [1.29, 1.82) is 0 Å². The number of benzene rings is 2. The number of fused-ring (bicyclic) bond motifs is 2.